The molecule has 1 rings (SSSR count). The molecule has 3 N–H and O–H groups in total. The van der Waals surface area contributed by atoms with Crippen LogP contribution in [0.1, 0.15) is 32.0 Å². The fourth-order valence-electron chi connectivity index (χ4n) is 2.11. The molecule has 0 fully saturated rings. The summed E-state index contributed by atoms with van der Waals surface area (Å²) in [6, 6.07) is 6.04. The molecule has 96 valence electrons. The smallest absolute Gasteiger partial charge is 0.0670 e. The Morgan fingerprint density at radius 2 is 2.24 bits per heavy atom. The van der Waals surface area contributed by atoms with Gasteiger partial charge < -0.3 is 10.8 Å². The number of hydrogen-bond acceptors (Lipinski definition) is 4. The molecule has 0 saturated heterocycles. The lowest BCUT2D eigenvalue weighted by atomic mass is 10.0. The fourth-order valence-corrected chi connectivity index (χ4v) is 2.11. The first-order valence-corrected chi connectivity index (χ1v) is 6.22. The van der Waals surface area contributed by atoms with E-state index >= 15 is 0 Å². The Morgan fingerprint density at radius 3 is 2.71 bits per heavy atom. The number of hydrogen-bond donors (Lipinski definition) is 2. The van der Waals surface area contributed by atoms with Crippen LogP contribution in [0.3, 0.4) is 0 Å². The third-order valence-corrected chi connectivity index (χ3v) is 2.89. The minimum atomic E-state index is 0.0172. The molecule has 0 amide bonds. The summed E-state index contributed by atoms with van der Waals surface area (Å²) < 4.78 is 0. The molecule has 4 nitrogen and oxygen atoms in total. The lowest BCUT2D eigenvalue weighted by Crippen LogP contribution is -2.40. The molecule has 1 heterocycles. The first-order valence-electron chi connectivity index (χ1n) is 6.22. The zero-order valence-corrected chi connectivity index (χ0v) is 10.7. The molecule has 0 aromatic carbocycles. The quantitative estimate of drug-likeness (QED) is 0.747. The van der Waals surface area contributed by atoms with Gasteiger partial charge in [0.05, 0.1) is 11.7 Å². The number of aliphatic hydroxyl groups excluding tert-OH is 1. The van der Waals surface area contributed by atoms with Gasteiger partial charge in [0.1, 0.15) is 0 Å². The van der Waals surface area contributed by atoms with Gasteiger partial charge in [0.15, 0.2) is 0 Å². The zero-order valence-electron chi connectivity index (χ0n) is 10.7. The second kappa shape index (κ2) is 7.37. The Bertz CT molecular complexity index is 303. The van der Waals surface area contributed by atoms with E-state index in [2.05, 4.69) is 16.8 Å². The lowest BCUT2D eigenvalue weighted by molar-refractivity contribution is 0.162. The van der Waals surface area contributed by atoms with Gasteiger partial charge in [0, 0.05) is 25.4 Å². The summed E-state index contributed by atoms with van der Waals surface area (Å²) >= 11 is 0. The van der Waals surface area contributed by atoms with Crippen molar-refractivity contribution in [3.05, 3.63) is 30.1 Å². The maximum atomic E-state index is 8.93. The van der Waals surface area contributed by atoms with Crippen LogP contribution < -0.4 is 5.73 Å². The molecule has 1 aromatic heterocycles. The highest BCUT2D eigenvalue weighted by molar-refractivity contribution is 5.11. The van der Waals surface area contributed by atoms with Gasteiger partial charge in [-0.05, 0) is 32.0 Å². The van der Waals surface area contributed by atoms with Gasteiger partial charge in [-0.2, -0.15) is 0 Å². The normalized spacial score (nSPS) is 14.9. The van der Waals surface area contributed by atoms with Gasteiger partial charge in [-0.1, -0.05) is 13.0 Å². The van der Waals surface area contributed by atoms with Crippen molar-refractivity contribution in [3.8, 4) is 0 Å². The van der Waals surface area contributed by atoms with Crippen LogP contribution in [0.5, 0.6) is 0 Å². The minimum Gasteiger partial charge on any atom is -0.396 e. The highest BCUT2D eigenvalue weighted by Gasteiger charge is 2.23. The molecule has 2 atom stereocenters. The molecule has 0 bridgehead atoms. The maximum Gasteiger partial charge on any atom is 0.0670 e. The average Bonchev–Trinajstić information content (AvgIpc) is 2.35. The molecule has 0 aliphatic rings. The van der Waals surface area contributed by atoms with Crippen LogP contribution in [-0.4, -0.2) is 40.7 Å². The van der Waals surface area contributed by atoms with Crippen molar-refractivity contribution < 1.29 is 5.11 Å². The highest BCUT2D eigenvalue weighted by atomic mass is 16.3. The van der Waals surface area contributed by atoms with Crippen molar-refractivity contribution in [2.45, 2.75) is 32.4 Å². The van der Waals surface area contributed by atoms with Gasteiger partial charge >= 0.3 is 0 Å². The van der Waals surface area contributed by atoms with Gasteiger partial charge in [0.25, 0.3) is 0 Å². The van der Waals surface area contributed by atoms with Gasteiger partial charge in [-0.15, -0.1) is 0 Å². The molecule has 17 heavy (non-hydrogen) atoms. The van der Waals surface area contributed by atoms with E-state index in [1.54, 1.807) is 6.20 Å². The van der Waals surface area contributed by atoms with Crippen molar-refractivity contribution in [1.29, 1.82) is 0 Å². The molecule has 0 radical (unpaired) electrons. The van der Waals surface area contributed by atoms with Crippen LogP contribution in [-0.2, 0) is 0 Å². The Kier molecular flexibility index (Phi) is 6.11. The van der Waals surface area contributed by atoms with Crippen LogP contribution in [0.15, 0.2) is 24.4 Å². The summed E-state index contributed by atoms with van der Waals surface area (Å²) in [5.41, 5.74) is 7.07. The number of nitrogens with two attached hydrogens (primary N) is 1. The minimum absolute atomic E-state index is 0.0172. The SMILES string of the molecule is CCN(CCCO)C(c1ccccn1)C(C)N. The van der Waals surface area contributed by atoms with Crippen molar-refractivity contribution in [2.24, 2.45) is 5.73 Å². The summed E-state index contributed by atoms with van der Waals surface area (Å²) in [7, 11) is 0. The van der Waals surface area contributed by atoms with Gasteiger partial charge in [0.2, 0.25) is 0 Å². The molecular formula is C13H23N3O. The van der Waals surface area contributed by atoms with E-state index in [4.69, 9.17) is 10.8 Å². The second-order valence-corrected chi connectivity index (χ2v) is 4.26. The molecular weight excluding hydrogens is 214 g/mol. The Labute approximate surface area is 103 Å². The molecule has 4 heteroatoms. The van der Waals surface area contributed by atoms with Gasteiger partial charge in [-0.25, -0.2) is 0 Å². The zero-order chi connectivity index (χ0) is 12.7. The summed E-state index contributed by atoms with van der Waals surface area (Å²) in [5.74, 6) is 0. The third-order valence-electron chi connectivity index (χ3n) is 2.89. The molecule has 0 saturated carbocycles. The van der Waals surface area contributed by atoms with Crippen LogP contribution in [0, 0.1) is 0 Å². The molecule has 2 unspecified atom stereocenters. The lowest BCUT2D eigenvalue weighted by Gasteiger charge is -2.32. The molecule has 0 aliphatic heterocycles. The number of rotatable bonds is 7. The number of aromatic nitrogens is 1. The first kappa shape index (κ1) is 14.1. The number of pyridine rings is 1. The maximum absolute atomic E-state index is 8.93. The Balaban J connectivity index is 2.83. The van der Waals surface area contributed by atoms with Crippen LogP contribution in [0.2, 0.25) is 0 Å². The average molecular weight is 237 g/mol. The summed E-state index contributed by atoms with van der Waals surface area (Å²) in [6.07, 6.45) is 2.56. The molecule has 0 aliphatic carbocycles. The predicted octanol–water partition coefficient (Wildman–Crippen LogP) is 1.17. The van der Waals surface area contributed by atoms with Crippen LogP contribution in [0.4, 0.5) is 0 Å². The number of nitrogens with zero attached hydrogens (tertiary/aromatic N) is 2. The van der Waals surface area contributed by atoms with Crippen molar-refractivity contribution in [2.75, 3.05) is 19.7 Å². The van der Waals surface area contributed by atoms with Crippen LogP contribution in [0.25, 0.3) is 0 Å². The predicted molar refractivity (Wildman–Crippen MR) is 69.6 cm³/mol. The fraction of sp³-hybridized carbons (Fsp3) is 0.615. The van der Waals surface area contributed by atoms with Crippen LogP contribution >= 0.6 is 0 Å². The summed E-state index contributed by atoms with van der Waals surface area (Å²) in [6.45, 7) is 6.07. The van der Waals surface area contributed by atoms with Crippen molar-refractivity contribution in [1.82, 2.24) is 9.88 Å². The Hall–Kier alpha value is -0.970. The summed E-state index contributed by atoms with van der Waals surface area (Å²) in [5, 5.41) is 8.93. The highest BCUT2D eigenvalue weighted by Crippen LogP contribution is 2.21. The first-order chi connectivity index (χ1) is 8.20. The van der Waals surface area contributed by atoms with E-state index in [0.717, 1.165) is 25.2 Å². The van der Waals surface area contributed by atoms with Gasteiger partial charge in [-0.3, -0.25) is 9.88 Å². The molecule has 1 aromatic rings. The largest absolute Gasteiger partial charge is 0.396 e. The summed E-state index contributed by atoms with van der Waals surface area (Å²) in [4.78, 5) is 6.66. The molecule has 0 spiro atoms. The van der Waals surface area contributed by atoms with E-state index in [-0.39, 0.29) is 18.7 Å². The topological polar surface area (TPSA) is 62.4 Å². The number of likely N-dealkylation sites (N-methyl/N-ethyl adjacent to an activating group) is 1. The Morgan fingerprint density at radius 1 is 1.47 bits per heavy atom. The standard InChI is InChI=1S/C13H23N3O/c1-3-16(9-6-10-17)13(11(2)14)12-7-4-5-8-15-12/h4-5,7-8,11,13,17H,3,6,9-10,14H2,1-2H3. The van der Waals surface area contributed by atoms with E-state index in [0.29, 0.717) is 0 Å². The van der Waals surface area contributed by atoms with E-state index in [1.807, 2.05) is 25.1 Å². The van der Waals surface area contributed by atoms with E-state index < -0.39 is 0 Å². The second-order valence-electron chi connectivity index (χ2n) is 4.26. The van der Waals surface area contributed by atoms with E-state index in [9.17, 15) is 0 Å². The monoisotopic (exact) mass is 237 g/mol. The number of aliphatic hydroxyl groups is 1. The van der Waals surface area contributed by atoms with Crippen molar-refractivity contribution >= 4 is 0 Å². The third kappa shape index (κ3) is 4.07. The van der Waals surface area contributed by atoms with E-state index in [1.165, 1.54) is 0 Å². The van der Waals surface area contributed by atoms with Crippen molar-refractivity contribution in [3.63, 3.8) is 0 Å².